The van der Waals surface area contributed by atoms with Gasteiger partial charge in [-0.3, -0.25) is 9.59 Å². The molecule has 0 spiro atoms. The molecular formula is C29H35NO6. The molecule has 0 amide bonds. The maximum atomic E-state index is 14.1. The molecule has 0 unspecified atom stereocenters. The summed E-state index contributed by atoms with van der Waals surface area (Å²) in [5.74, 6) is -2.38. The first kappa shape index (κ1) is 25.9. The number of allylic oxidation sites excluding steroid dienone is 2. The van der Waals surface area contributed by atoms with Gasteiger partial charge in [0.1, 0.15) is 18.6 Å². The van der Waals surface area contributed by atoms with Gasteiger partial charge in [0.25, 0.3) is 0 Å². The second kappa shape index (κ2) is 8.44. The number of nitrogens with zero attached hydrogens (tertiary/aromatic N) is 1. The Kier molecular flexibility index (Phi) is 6.07. The lowest BCUT2D eigenvalue weighted by atomic mass is 9.58. The normalized spacial score (nSPS) is 26.5. The minimum atomic E-state index is -1.99. The fourth-order valence-corrected chi connectivity index (χ4v) is 6.46. The second-order valence-electron chi connectivity index (χ2n) is 11.3. The van der Waals surface area contributed by atoms with Crippen LogP contribution in [0.4, 0.5) is 0 Å². The van der Waals surface area contributed by atoms with Crippen molar-refractivity contribution in [1.29, 1.82) is 0 Å². The van der Waals surface area contributed by atoms with Crippen molar-refractivity contribution < 1.29 is 29.7 Å². The molecule has 3 atom stereocenters. The van der Waals surface area contributed by atoms with Crippen molar-refractivity contribution in [2.45, 2.75) is 71.8 Å². The molecule has 0 bridgehead atoms. The van der Waals surface area contributed by atoms with Crippen LogP contribution in [-0.2, 0) is 21.5 Å². The topological polar surface area (TPSA) is 116 Å². The van der Waals surface area contributed by atoms with Crippen molar-refractivity contribution in [2.24, 2.45) is 17.0 Å². The van der Waals surface area contributed by atoms with Gasteiger partial charge < -0.3 is 20.2 Å². The smallest absolute Gasteiger partial charge is 0.193 e. The van der Waals surface area contributed by atoms with E-state index >= 15 is 0 Å². The van der Waals surface area contributed by atoms with E-state index in [4.69, 9.17) is 4.84 Å². The minimum absolute atomic E-state index is 0.0122. The first-order chi connectivity index (χ1) is 16.7. The van der Waals surface area contributed by atoms with Crippen LogP contribution in [0.1, 0.15) is 80.1 Å². The molecule has 7 nitrogen and oxygen atoms in total. The average Bonchev–Trinajstić information content (AvgIpc) is 2.75. The number of aliphatic hydroxyl groups excluding tert-OH is 2. The molecule has 0 saturated carbocycles. The third-order valence-corrected chi connectivity index (χ3v) is 8.07. The number of carbonyl (C=O) groups excluding carboxylic acids is 2. The van der Waals surface area contributed by atoms with Crippen LogP contribution in [-0.4, -0.2) is 45.3 Å². The summed E-state index contributed by atoms with van der Waals surface area (Å²) in [6, 6.07) is 2.07. The highest BCUT2D eigenvalue weighted by Crippen LogP contribution is 2.54. The predicted octanol–water partition coefficient (Wildman–Crippen LogP) is 4.94. The number of ketones is 2. The van der Waals surface area contributed by atoms with Gasteiger partial charge >= 0.3 is 0 Å². The van der Waals surface area contributed by atoms with Crippen molar-refractivity contribution in [2.75, 3.05) is 7.11 Å². The van der Waals surface area contributed by atoms with E-state index in [0.29, 0.717) is 24.1 Å². The SMILES string of the molecule is C=C1C(C(C)=O)=C(O)C[C@@H]2C[C@@H]3Cc4c(/C(C)=N\OC)cc(C(C)(C)C)c(C)c4C(=O)C3=C(O)[C@]12O. The quantitative estimate of drug-likeness (QED) is 0.406. The Labute approximate surface area is 211 Å². The van der Waals surface area contributed by atoms with Crippen molar-refractivity contribution in [3.05, 3.63) is 68.7 Å². The van der Waals surface area contributed by atoms with Gasteiger partial charge in [-0.2, -0.15) is 0 Å². The highest BCUT2D eigenvalue weighted by Gasteiger charge is 2.56. The third-order valence-electron chi connectivity index (χ3n) is 8.07. The number of aliphatic hydroxyl groups is 3. The van der Waals surface area contributed by atoms with Crippen molar-refractivity contribution in [1.82, 2.24) is 0 Å². The highest BCUT2D eigenvalue weighted by atomic mass is 16.6. The summed E-state index contributed by atoms with van der Waals surface area (Å²) < 4.78 is 0. The molecule has 0 fully saturated rings. The Morgan fingerprint density at radius 3 is 2.42 bits per heavy atom. The molecule has 192 valence electrons. The molecule has 36 heavy (non-hydrogen) atoms. The Bertz CT molecular complexity index is 1310. The monoisotopic (exact) mass is 493 g/mol. The van der Waals surface area contributed by atoms with E-state index in [0.717, 1.165) is 22.3 Å². The lowest BCUT2D eigenvalue weighted by Crippen LogP contribution is -2.52. The Morgan fingerprint density at radius 1 is 1.22 bits per heavy atom. The first-order valence-corrected chi connectivity index (χ1v) is 12.2. The molecule has 0 aromatic heterocycles. The van der Waals surface area contributed by atoms with Crippen LogP contribution in [0.3, 0.4) is 0 Å². The summed E-state index contributed by atoms with van der Waals surface area (Å²) in [6.07, 6.45) is 0.814. The van der Waals surface area contributed by atoms with Gasteiger partial charge in [-0.05, 0) is 73.3 Å². The number of hydrogen-bond acceptors (Lipinski definition) is 7. The molecule has 3 N–H and O–H groups in total. The molecule has 1 aromatic carbocycles. The van der Waals surface area contributed by atoms with Crippen LogP contribution < -0.4 is 0 Å². The number of carbonyl (C=O) groups is 2. The lowest BCUT2D eigenvalue weighted by Gasteiger charge is -2.48. The van der Waals surface area contributed by atoms with E-state index in [1.807, 2.05) is 13.8 Å². The Hall–Kier alpha value is -3.19. The molecule has 0 aliphatic heterocycles. The van der Waals surface area contributed by atoms with E-state index in [9.17, 15) is 24.9 Å². The van der Waals surface area contributed by atoms with Crippen molar-refractivity contribution >= 4 is 17.3 Å². The van der Waals surface area contributed by atoms with Gasteiger partial charge in [0.05, 0.1) is 11.3 Å². The summed E-state index contributed by atoms with van der Waals surface area (Å²) in [5.41, 5.74) is 2.40. The molecule has 0 heterocycles. The second-order valence-corrected chi connectivity index (χ2v) is 11.3. The summed E-state index contributed by atoms with van der Waals surface area (Å²) >= 11 is 0. The number of oxime groups is 1. The number of Topliss-reactive ketones (excluding diaryl/α,β-unsaturated/α-hetero) is 2. The van der Waals surface area contributed by atoms with Gasteiger partial charge in [-0.1, -0.05) is 32.5 Å². The fourth-order valence-electron chi connectivity index (χ4n) is 6.46. The Morgan fingerprint density at radius 2 is 1.86 bits per heavy atom. The zero-order valence-electron chi connectivity index (χ0n) is 22.1. The van der Waals surface area contributed by atoms with E-state index < -0.39 is 23.1 Å². The van der Waals surface area contributed by atoms with E-state index in [-0.39, 0.29) is 46.0 Å². The summed E-state index contributed by atoms with van der Waals surface area (Å²) in [4.78, 5) is 31.4. The first-order valence-electron chi connectivity index (χ1n) is 12.2. The van der Waals surface area contributed by atoms with Crippen LogP contribution in [0.25, 0.3) is 0 Å². The summed E-state index contributed by atoms with van der Waals surface area (Å²) in [5, 5.41) is 37.9. The number of rotatable bonds is 3. The molecule has 4 rings (SSSR count). The molecule has 0 radical (unpaired) electrons. The largest absolute Gasteiger partial charge is 0.512 e. The maximum Gasteiger partial charge on any atom is 0.193 e. The van der Waals surface area contributed by atoms with Crippen molar-refractivity contribution in [3.63, 3.8) is 0 Å². The van der Waals surface area contributed by atoms with Crippen molar-refractivity contribution in [3.8, 4) is 0 Å². The molecule has 3 aliphatic rings. The standard InChI is InChI=1S/C29H35NO6/c1-13-21(28(5,6)7)12-19(15(3)30-36-8)20-10-17-9-18-11-22(32)24(16(4)31)14(2)29(18,35)27(34)25(17)26(33)23(13)20/h12,17-18,32,34-35H,2,9-11H2,1,3-8H3/b30-15-/t17-,18+,29+/m1/s1. The van der Waals surface area contributed by atoms with Gasteiger partial charge in [-0.15, -0.1) is 0 Å². The van der Waals surface area contributed by atoms with Gasteiger partial charge in [0.2, 0.25) is 0 Å². The summed E-state index contributed by atoms with van der Waals surface area (Å²) in [7, 11) is 1.48. The van der Waals surface area contributed by atoms with Gasteiger partial charge in [0.15, 0.2) is 17.2 Å². The molecule has 7 heteroatoms. The fraction of sp³-hybridized carbons (Fsp3) is 0.483. The summed E-state index contributed by atoms with van der Waals surface area (Å²) in [6.45, 7) is 15.1. The maximum absolute atomic E-state index is 14.1. The van der Waals surface area contributed by atoms with Gasteiger partial charge in [0, 0.05) is 29.0 Å². The predicted molar refractivity (Wildman–Crippen MR) is 137 cm³/mol. The zero-order valence-corrected chi connectivity index (χ0v) is 22.1. The minimum Gasteiger partial charge on any atom is -0.512 e. The number of fused-ring (bicyclic) bond motifs is 3. The highest BCUT2D eigenvalue weighted by molar-refractivity contribution is 6.15. The molecule has 1 aromatic rings. The molecular weight excluding hydrogens is 458 g/mol. The number of hydrogen-bond donors (Lipinski definition) is 3. The number of benzene rings is 1. The van der Waals surface area contributed by atoms with Crippen LogP contribution in [0.5, 0.6) is 0 Å². The van der Waals surface area contributed by atoms with E-state index in [1.54, 1.807) is 0 Å². The third kappa shape index (κ3) is 3.55. The van der Waals surface area contributed by atoms with Crippen LogP contribution in [0.2, 0.25) is 0 Å². The van der Waals surface area contributed by atoms with Crippen LogP contribution >= 0.6 is 0 Å². The zero-order chi connectivity index (χ0) is 26.9. The lowest BCUT2D eigenvalue weighted by molar-refractivity contribution is -0.114. The van der Waals surface area contributed by atoms with E-state index in [2.05, 4.69) is 38.6 Å². The van der Waals surface area contributed by atoms with Gasteiger partial charge in [-0.25, -0.2) is 0 Å². The molecule has 0 saturated heterocycles. The molecule has 3 aliphatic carbocycles. The average molecular weight is 494 g/mol. The Balaban J connectivity index is 1.99. The van der Waals surface area contributed by atoms with E-state index in [1.165, 1.54) is 14.0 Å². The van der Waals surface area contributed by atoms with Crippen LogP contribution in [0.15, 0.2) is 46.0 Å². The van der Waals surface area contributed by atoms with Crippen LogP contribution in [0, 0.1) is 18.8 Å².